The first-order valence-corrected chi connectivity index (χ1v) is 6.52. The van der Waals surface area contributed by atoms with Gasteiger partial charge in [0.05, 0.1) is 9.85 Å². The molecule has 0 spiro atoms. The number of nitrogens with zero attached hydrogens (tertiary/aromatic N) is 3. The lowest BCUT2D eigenvalue weighted by Crippen LogP contribution is -1.93. The van der Waals surface area contributed by atoms with Gasteiger partial charge in [-0.1, -0.05) is 23.9 Å². The van der Waals surface area contributed by atoms with Crippen LogP contribution in [0.4, 0.5) is 11.4 Å². The highest BCUT2D eigenvalue weighted by Crippen LogP contribution is 2.29. The minimum Gasteiger partial charge on any atom is -0.258 e. The molecule has 0 saturated carbocycles. The Morgan fingerprint density at radius 1 is 1.05 bits per heavy atom. The van der Waals surface area contributed by atoms with Crippen molar-refractivity contribution in [2.75, 3.05) is 0 Å². The van der Waals surface area contributed by atoms with E-state index in [9.17, 15) is 20.2 Å². The second-order valence-electron chi connectivity index (χ2n) is 3.80. The number of aromatic nitrogens is 1. The molecule has 8 heteroatoms. The van der Waals surface area contributed by atoms with Gasteiger partial charge >= 0.3 is 5.69 Å². The van der Waals surface area contributed by atoms with Crippen LogP contribution in [0.2, 0.25) is 0 Å². The van der Waals surface area contributed by atoms with Crippen LogP contribution in [0.25, 0.3) is 0 Å². The third-order valence-corrected chi connectivity index (χ3v) is 3.54. The smallest absolute Gasteiger partial charge is 0.258 e. The van der Waals surface area contributed by atoms with Gasteiger partial charge in [0.25, 0.3) is 5.69 Å². The maximum atomic E-state index is 10.8. The molecule has 0 fully saturated rings. The summed E-state index contributed by atoms with van der Waals surface area (Å²) in [5.74, 6) is 0.454. The standard InChI is InChI=1S/C12H9N3O4S/c16-14(17)10-5-3-9(4-6-10)8-20-12-11(15(18)19)2-1-7-13-12/h1-7H,8H2. The molecule has 0 aliphatic rings. The summed E-state index contributed by atoms with van der Waals surface area (Å²) in [4.78, 5) is 24.4. The van der Waals surface area contributed by atoms with Crippen molar-refractivity contribution in [3.63, 3.8) is 0 Å². The lowest BCUT2D eigenvalue weighted by Gasteiger charge is -2.02. The van der Waals surface area contributed by atoms with E-state index < -0.39 is 9.85 Å². The number of thioether (sulfide) groups is 1. The van der Waals surface area contributed by atoms with E-state index >= 15 is 0 Å². The van der Waals surface area contributed by atoms with Gasteiger partial charge in [-0.15, -0.1) is 0 Å². The van der Waals surface area contributed by atoms with Crippen LogP contribution >= 0.6 is 11.8 Å². The molecule has 0 bridgehead atoms. The summed E-state index contributed by atoms with van der Waals surface area (Å²) in [6.07, 6.45) is 1.49. The second-order valence-corrected chi connectivity index (χ2v) is 4.76. The Morgan fingerprint density at radius 3 is 2.35 bits per heavy atom. The van der Waals surface area contributed by atoms with E-state index in [1.807, 2.05) is 0 Å². The molecule has 0 unspecified atom stereocenters. The highest BCUT2D eigenvalue weighted by atomic mass is 32.2. The summed E-state index contributed by atoms with van der Waals surface area (Å²) in [6.45, 7) is 0. The predicted octanol–water partition coefficient (Wildman–Crippen LogP) is 3.19. The van der Waals surface area contributed by atoms with Gasteiger partial charge in [-0.25, -0.2) is 4.98 Å². The molecule has 0 N–H and O–H groups in total. The van der Waals surface area contributed by atoms with Crippen LogP contribution in [0.3, 0.4) is 0 Å². The van der Waals surface area contributed by atoms with E-state index in [1.54, 1.807) is 12.1 Å². The van der Waals surface area contributed by atoms with Crippen molar-refractivity contribution in [3.8, 4) is 0 Å². The summed E-state index contributed by atoms with van der Waals surface area (Å²) < 4.78 is 0. The van der Waals surface area contributed by atoms with Crippen LogP contribution < -0.4 is 0 Å². The van der Waals surface area contributed by atoms with E-state index in [4.69, 9.17) is 0 Å². The molecule has 0 aliphatic carbocycles. The van der Waals surface area contributed by atoms with Crippen molar-refractivity contribution in [1.29, 1.82) is 0 Å². The Balaban J connectivity index is 2.09. The molecule has 2 rings (SSSR count). The zero-order chi connectivity index (χ0) is 14.5. The summed E-state index contributed by atoms with van der Waals surface area (Å²) >= 11 is 1.22. The molecule has 2 aromatic rings. The first-order valence-electron chi connectivity index (χ1n) is 5.53. The molecule has 7 nitrogen and oxygen atoms in total. The van der Waals surface area contributed by atoms with E-state index in [-0.39, 0.29) is 11.4 Å². The number of pyridine rings is 1. The Hall–Kier alpha value is -2.48. The number of nitro groups is 2. The fraction of sp³-hybridized carbons (Fsp3) is 0.0833. The van der Waals surface area contributed by atoms with Crippen LogP contribution in [0.1, 0.15) is 5.56 Å². The lowest BCUT2D eigenvalue weighted by molar-refractivity contribution is -0.388. The fourth-order valence-corrected chi connectivity index (χ4v) is 2.42. The van der Waals surface area contributed by atoms with Crippen molar-refractivity contribution in [2.45, 2.75) is 10.8 Å². The summed E-state index contributed by atoms with van der Waals surface area (Å²) in [6, 6.07) is 8.96. The van der Waals surface area contributed by atoms with E-state index in [2.05, 4.69) is 4.98 Å². The monoisotopic (exact) mass is 291 g/mol. The number of non-ortho nitro benzene ring substituents is 1. The molecule has 0 radical (unpaired) electrons. The Labute approximate surface area is 118 Å². The van der Waals surface area contributed by atoms with Gasteiger partial charge in [0.2, 0.25) is 0 Å². The van der Waals surface area contributed by atoms with Crippen LogP contribution in [-0.4, -0.2) is 14.8 Å². The number of hydrogen-bond acceptors (Lipinski definition) is 6. The SMILES string of the molecule is O=[N+]([O-])c1ccc(CSc2ncccc2[N+](=O)[O-])cc1. The lowest BCUT2D eigenvalue weighted by atomic mass is 10.2. The maximum absolute atomic E-state index is 10.8. The quantitative estimate of drug-likeness (QED) is 0.476. The Bertz CT molecular complexity index is 645. The van der Waals surface area contributed by atoms with Crippen molar-refractivity contribution in [3.05, 3.63) is 68.4 Å². The minimum absolute atomic E-state index is 0.0163. The van der Waals surface area contributed by atoms with E-state index in [0.717, 1.165) is 5.56 Å². The third kappa shape index (κ3) is 3.29. The molecule has 1 heterocycles. The van der Waals surface area contributed by atoms with Gasteiger partial charge in [0, 0.05) is 30.1 Å². The molecule has 0 aliphatic heterocycles. The van der Waals surface area contributed by atoms with Crippen LogP contribution in [0.5, 0.6) is 0 Å². The first kappa shape index (κ1) is 13.9. The van der Waals surface area contributed by atoms with Gasteiger partial charge in [0.15, 0.2) is 5.03 Å². The zero-order valence-electron chi connectivity index (χ0n) is 10.1. The largest absolute Gasteiger partial charge is 0.301 e. The van der Waals surface area contributed by atoms with Crippen molar-refractivity contribution >= 4 is 23.1 Å². The summed E-state index contributed by atoms with van der Waals surface area (Å²) in [5, 5.41) is 21.7. The Morgan fingerprint density at radius 2 is 1.75 bits per heavy atom. The highest BCUT2D eigenvalue weighted by molar-refractivity contribution is 7.98. The number of benzene rings is 1. The summed E-state index contributed by atoms with van der Waals surface area (Å²) in [7, 11) is 0. The highest BCUT2D eigenvalue weighted by Gasteiger charge is 2.14. The molecular weight excluding hydrogens is 282 g/mol. The first-order chi connectivity index (χ1) is 9.58. The molecule has 0 saturated heterocycles. The minimum atomic E-state index is -0.481. The molecule has 0 atom stereocenters. The van der Waals surface area contributed by atoms with Gasteiger partial charge in [-0.3, -0.25) is 20.2 Å². The van der Waals surface area contributed by atoms with E-state index in [1.165, 1.54) is 42.2 Å². The normalized spacial score (nSPS) is 10.2. The second kappa shape index (κ2) is 6.11. The van der Waals surface area contributed by atoms with Crippen LogP contribution in [0.15, 0.2) is 47.6 Å². The number of rotatable bonds is 5. The molecule has 1 aromatic carbocycles. The third-order valence-electron chi connectivity index (χ3n) is 2.47. The number of nitro benzene ring substituents is 1. The molecule has 102 valence electrons. The molecule has 0 amide bonds. The van der Waals surface area contributed by atoms with Crippen molar-refractivity contribution in [2.24, 2.45) is 0 Å². The van der Waals surface area contributed by atoms with Crippen molar-refractivity contribution in [1.82, 2.24) is 4.98 Å². The summed E-state index contributed by atoms with van der Waals surface area (Å²) in [5.41, 5.74) is 0.808. The van der Waals surface area contributed by atoms with E-state index in [0.29, 0.717) is 10.8 Å². The van der Waals surface area contributed by atoms with Gasteiger partial charge in [0.1, 0.15) is 0 Å². The molecule has 1 aromatic heterocycles. The molecular formula is C12H9N3O4S. The predicted molar refractivity (Wildman–Crippen MR) is 73.5 cm³/mol. The van der Waals surface area contributed by atoms with Gasteiger partial charge < -0.3 is 0 Å². The average Bonchev–Trinajstić information content (AvgIpc) is 2.45. The molecule has 20 heavy (non-hydrogen) atoms. The Kier molecular flexibility index (Phi) is 4.26. The van der Waals surface area contributed by atoms with Crippen LogP contribution in [-0.2, 0) is 5.75 Å². The zero-order valence-corrected chi connectivity index (χ0v) is 10.9. The van der Waals surface area contributed by atoms with Crippen LogP contribution in [0, 0.1) is 20.2 Å². The van der Waals surface area contributed by atoms with Gasteiger partial charge in [-0.2, -0.15) is 0 Å². The fourth-order valence-electron chi connectivity index (χ4n) is 1.50. The van der Waals surface area contributed by atoms with Crippen molar-refractivity contribution < 1.29 is 9.85 Å². The average molecular weight is 291 g/mol. The maximum Gasteiger partial charge on any atom is 0.301 e. The van der Waals surface area contributed by atoms with Gasteiger partial charge in [-0.05, 0) is 11.6 Å². The topological polar surface area (TPSA) is 99.2 Å². The number of hydrogen-bond donors (Lipinski definition) is 0.